The summed E-state index contributed by atoms with van der Waals surface area (Å²) in [7, 11) is 0. The Morgan fingerprint density at radius 1 is 1.11 bits per heavy atom. The molecule has 2 heterocycles. The van der Waals surface area contributed by atoms with Crippen molar-refractivity contribution in [2.75, 3.05) is 4.90 Å². The summed E-state index contributed by atoms with van der Waals surface area (Å²) in [5.41, 5.74) is 0.745. The van der Waals surface area contributed by atoms with Gasteiger partial charge in [-0.1, -0.05) is 66.5 Å². The molecular formula is C20H12N2O4S2. The van der Waals surface area contributed by atoms with Crippen LogP contribution in [0.25, 0.3) is 16.8 Å². The zero-order chi connectivity index (χ0) is 19.7. The van der Waals surface area contributed by atoms with E-state index in [1.807, 2.05) is 42.5 Å². The zero-order valence-corrected chi connectivity index (χ0v) is 15.9. The minimum Gasteiger partial charge on any atom is -0.401 e. The van der Waals surface area contributed by atoms with Crippen molar-refractivity contribution >= 4 is 62.6 Å². The molecule has 8 heteroatoms. The van der Waals surface area contributed by atoms with Crippen LogP contribution in [-0.4, -0.2) is 15.2 Å². The summed E-state index contributed by atoms with van der Waals surface area (Å²) in [5, 5.41) is 12.6. The average Bonchev–Trinajstić information content (AvgIpc) is 3.27. The zero-order valence-electron chi connectivity index (χ0n) is 14.3. The van der Waals surface area contributed by atoms with Crippen molar-refractivity contribution < 1.29 is 14.1 Å². The number of carbonyl (C=O) groups is 1. The first kappa shape index (κ1) is 18.1. The number of thiocarbonyl (C=S) groups is 1. The van der Waals surface area contributed by atoms with E-state index in [2.05, 4.69) is 0 Å². The Labute approximate surface area is 169 Å². The van der Waals surface area contributed by atoms with Gasteiger partial charge in [0.2, 0.25) is 0 Å². The number of furan rings is 1. The number of carbonyl (C=O) groups excluding carboxylic acids is 1. The van der Waals surface area contributed by atoms with E-state index in [0.717, 1.165) is 16.5 Å². The molecule has 0 saturated carbocycles. The van der Waals surface area contributed by atoms with Crippen LogP contribution >= 0.6 is 24.0 Å². The van der Waals surface area contributed by atoms with Crippen molar-refractivity contribution in [2.45, 2.75) is 0 Å². The van der Waals surface area contributed by atoms with Crippen LogP contribution in [0.2, 0.25) is 0 Å². The highest BCUT2D eigenvalue weighted by atomic mass is 32.2. The van der Waals surface area contributed by atoms with Crippen LogP contribution in [0.5, 0.6) is 0 Å². The van der Waals surface area contributed by atoms with Gasteiger partial charge in [-0.25, -0.2) is 0 Å². The van der Waals surface area contributed by atoms with Gasteiger partial charge < -0.3 is 4.42 Å². The second kappa shape index (κ2) is 7.41. The number of rotatable bonds is 4. The molecule has 1 amide bonds. The Bertz CT molecular complexity index is 1170. The van der Waals surface area contributed by atoms with E-state index in [9.17, 15) is 14.9 Å². The summed E-state index contributed by atoms with van der Waals surface area (Å²) >= 11 is 6.63. The summed E-state index contributed by atoms with van der Waals surface area (Å²) in [6.45, 7) is 0. The summed E-state index contributed by atoms with van der Waals surface area (Å²) in [6, 6.07) is 16.3. The second-order valence-electron chi connectivity index (χ2n) is 5.83. The summed E-state index contributed by atoms with van der Waals surface area (Å²) in [4.78, 5) is 24.9. The van der Waals surface area contributed by atoms with Gasteiger partial charge in [-0.2, -0.15) is 0 Å². The van der Waals surface area contributed by atoms with Crippen LogP contribution in [-0.2, 0) is 4.79 Å². The minimum absolute atomic E-state index is 0.207. The van der Waals surface area contributed by atoms with Gasteiger partial charge >= 0.3 is 5.88 Å². The highest BCUT2D eigenvalue weighted by Gasteiger charge is 2.33. The number of allylic oxidation sites excluding steroid dienone is 2. The van der Waals surface area contributed by atoms with Crippen LogP contribution in [0.4, 0.5) is 11.6 Å². The first-order valence-electron chi connectivity index (χ1n) is 8.21. The third kappa shape index (κ3) is 3.35. The highest BCUT2D eigenvalue weighted by Crippen LogP contribution is 2.38. The number of nitro groups is 1. The van der Waals surface area contributed by atoms with Gasteiger partial charge in [0.1, 0.15) is 10.7 Å². The van der Waals surface area contributed by atoms with E-state index in [-0.39, 0.29) is 11.8 Å². The molecule has 6 nitrogen and oxygen atoms in total. The Hall–Kier alpha value is -3.23. The maximum Gasteiger partial charge on any atom is 0.433 e. The highest BCUT2D eigenvalue weighted by molar-refractivity contribution is 8.27. The SMILES string of the molecule is O=C1C(=CC=Cc2ccc([N+](=O)[O-])o2)SC(=S)N1c1cccc2ccccc12. The molecule has 1 saturated heterocycles. The topological polar surface area (TPSA) is 76.6 Å². The average molecular weight is 408 g/mol. The molecule has 28 heavy (non-hydrogen) atoms. The van der Waals surface area contributed by atoms with E-state index in [4.69, 9.17) is 16.6 Å². The van der Waals surface area contributed by atoms with Crippen LogP contribution in [0.15, 0.2) is 76.1 Å². The number of hydrogen-bond donors (Lipinski definition) is 0. The van der Waals surface area contributed by atoms with Crippen molar-refractivity contribution in [3.05, 3.63) is 87.5 Å². The van der Waals surface area contributed by atoms with Gasteiger partial charge in [-0.3, -0.25) is 19.8 Å². The quantitative estimate of drug-likeness (QED) is 0.252. The van der Waals surface area contributed by atoms with Gasteiger partial charge in [0.25, 0.3) is 5.91 Å². The normalized spacial score (nSPS) is 16.0. The molecule has 0 unspecified atom stereocenters. The van der Waals surface area contributed by atoms with E-state index >= 15 is 0 Å². The van der Waals surface area contributed by atoms with Crippen molar-refractivity contribution in [1.29, 1.82) is 0 Å². The van der Waals surface area contributed by atoms with Crippen molar-refractivity contribution in [2.24, 2.45) is 0 Å². The minimum atomic E-state index is -0.605. The standard InChI is InChI=1S/C20H12N2O4S2/c23-19-17(10-4-7-14-11-12-18(26-14)22(24)25)28-20(27)21(19)16-9-3-6-13-5-1-2-8-15(13)16/h1-12H. The van der Waals surface area contributed by atoms with Crippen LogP contribution < -0.4 is 4.90 Å². The van der Waals surface area contributed by atoms with Crippen molar-refractivity contribution in [3.63, 3.8) is 0 Å². The third-order valence-corrected chi connectivity index (χ3v) is 5.42. The third-order valence-electron chi connectivity index (χ3n) is 4.10. The molecule has 0 spiro atoms. The number of amides is 1. The van der Waals surface area contributed by atoms with E-state index < -0.39 is 4.92 Å². The lowest BCUT2D eigenvalue weighted by atomic mass is 10.1. The monoisotopic (exact) mass is 408 g/mol. The molecule has 0 bridgehead atoms. The van der Waals surface area contributed by atoms with Gasteiger partial charge in [0, 0.05) is 5.39 Å². The first-order chi connectivity index (χ1) is 13.5. The summed E-state index contributed by atoms with van der Waals surface area (Å²) in [6.07, 6.45) is 4.79. The predicted molar refractivity (Wildman–Crippen MR) is 114 cm³/mol. The van der Waals surface area contributed by atoms with Crippen molar-refractivity contribution in [3.8, 4) is 0 Å². The molecule has 2 aromatic carbocycles. The van der Waals surface area contributed by atoms with Crippen LogP contribution in [0.3, 0.4) is 0 Å². The number of nitrogens with zero attached hydrogens (tertiary/aromatic N) is 2. The Morgan fingerprint density at radius 3 is 2.68 bits per heavy atom. The molecule has 0 aliphatic carbocycles. The fraction of sp³-hybridized carbons (Fsp3) is 0. The fourth-order valence-corrected chi connectivity index (χ4v) is 4.09. The Balaban J connectivity index is 1.60. The molecule has 0 atom stereocenters. The maximum absolute atomic E-state index is 12.9. The van der Waals surface area contributed by atoms with Gasteiger partial charge in [-0.05, 0) is 29.7 Å². The van der Waals surface area contributed by atoms with Crippen LogP contribution in [0.1, 0.15) is 5.76 Å². The Morgan fingerprint density at radius 2 is 1.89 bits per heavy atom. The van der Waals surface area contributed by atoms with E-state index in [1.165, 1.54) is 28.8 Å². The molecule has 0 radical (unpaired) electrons. The lowest BCUT2D eigenvalue weighted by Crippen LogP contribution is -2.27. The van der Waals surface area contributed by atoms with Gasteiger partial charge in [-0.15, -0.1) is 0 Å². The Kier molecular flexibility index (Phi) is 4.81. The molecule has 1 aliphatic heterocycles. The molecule has 1 fully saturated rings. The molecule has 4 rings (SSSR count). The van der Waals surface area contributed by atoms with E-state index in [1.54, 1.807) is 18.2 Å². The number of hydrogen-bond acceptors (Lipinski definition) is 6. The summed E-state index contributed by atoms with van der Waals surface area (Å²) in [5.74, 6) is -0.212. The number of benzene rings is 2. The molecule has 0 N–H and O–H groups in total. The molecule has 3 aromatic rings. The largest absolute Gasteiger partial charge is 0.433 e. The number of anilines is 1. The molecule has 138 valence electrons. The smallest absolute Gasteiger partial charge is 0.401 e. The maximum atomic E-state index is 12.9. The van der Waals surface area contributed by atoms with Crippen LogP contribution in [0, 0.1) is 10.1 Å². The number of fused-ring (bicyclic) bond motifs is 1. The second-order valence-corrected chi connectivity index (χ2v) is 7.51. The summed E-state index contributed by atoms with van der Waals surface area (Å²) < 4.78 is 5.51. The van der Waals surface area contributed by atoms with E-state index in [0.29, 0.717) is 15.0 Å². The van der Waals surface area contributed by atoms with Gasteiger partial charge in [0.05, 0.1) is 16.7 Å². The molecule has 1 aliphatic rings. The molecular weight excluding hydrogens is 396 g/mol. The fourth-order valence-electron chi connectivity index (χ4n) is 2.85. The lowest BCUT2D eigenvalue weighted by Gasteiger charge is -2.17. The van der Waals surface area contributed by atoms with Gasteiger partial charge in [0.15, 0.2) is 4.32 Å². The lowest BCUT2D eigenvalue weighted by molar-refractivity contribution is -0.402. The first-order valence-corrected chi connectivity index (χ1v) is 9.44. The number of thioether (sulfide) groups is 1. The predicted octanol–water partition coefficient (Wildman–Crippen LogP) is 5.30. The molecule has 1 aromatic heterocycles. The van der Waals surface area contributed by atoms with Crippen molar-refractivity contribution in [1.82, 2.24) is 0 Å².